The molecule has 0 aromatic heterocycles. The van der Waals surface area contributed by atoms with Gasteiger partial charge >= 0.3 is 11.9 Å². The van der Waals surface area contributed by atoms with Crippen LogP contribution in [0.5, 0.6) is 0 Å². The van der Waals surface area contributed by atoms with Gasteiger partial charge in [-0.3, -0.25) is 9.59 Å². The largest absolute Gasteiger partial charge is 0.454 e. The molecular formula is C42H56O8. The molecule has 0 aromatic rings. The molecule has 0 radical (unpaired) electrons. The summed E-state index contributed by atoms with van der Waals surface area (Å²) < 4.78 is 12.3. The number of hydrogen-bond donors (Lipinski definition) is 3. The standard InChI is InChI=1S/C42H56O8/c1-24(16-17-31-26(3)15-12-18-38(31,7)8)13-11-14-25(2)19-34(45)49-37-28(5)41(48)32(35-39(9,10)42(35,37)50-29(6)44)21-30(23-43)22-40(47)33(41)20-27(4)36(40)46/h11,13-14,16-17,19-21,28,32-33,35,37,43,47-48H,12,15,18,22-23H2,1-10H3/t28-,32+,33-,35+,37-,40-,41-,42-/m1/s1. The number of rotatable bonds is 8. The van der Waals surface area contributed by atoms with Gasteiger partial charge in [-0.15, -0.1) is 0 Å². The summed E-state index contributed by atoms with van der Waals surface area (Å²) in [5.41, 5.74) is -0.346. The van der Waals surface area contributed by atoms with Crippen molar-refractivity contribution in [3.63, 3.8) is 0 Å². The minimum atomic E-state index is -1.98. The average molecular weight is 689 g/mol. The highest BCUT2D eigenvalue weighted by Crippen LogP contribution is 2.77. The van der Waals surface area contributed by atoms with Crippen molar-refractivity contribution >= 4 is 17.7 Å². The lowest BCUT2D eigenvalue weighted by Crippen LogP contribution is -2.66. The number of carbonyl (C=O) groups excluding carboxylic acids is 3. The lowest BCUT2D eigenvalue weighted by atomic mass is 9.59. The van der Waals surface area contributed by atoms with Gasteiger partial charge < -0.3 is 24.8 Å². The first-order valence-electron chi connectivity index (χ1n) is 18.0. The first-order chi connectivity index (χ1) is 23.2. The van der Waals surface area contributed by atoms with Crippen LogP contribution in [-0.4, -0.2) is 62.6 Å². The summed E-state index contributed by atoms with van der Waals surface area (Å²) in [6, 6.07) is 0. The quantitative estimate of drug-likeness (QED) is 0.113. The summed E-state index contributed by atoms with van der Waals surface area (Å²) in [6.07, 6.45) is 17.0. The molecule has 0 heterocycles. The number of hydrogen-bond acceptors (Lipinski definition) is 8. The number of esters is 2. The van der Waals surface area contributed by atoms with Crippen LogP contribution >= 0.6 is 0 Å². The van der Waals surface area contributed by atoms with E-state index in [-0.39, 0.29) is 11.8 Å². The minimum absolute atomic E-state index is 0.141. The lowest BCUT2D eigenvalue weighted by Gasteiger charge is -2.53. The van der Waals surface area contributed by atoms with Crippen LogP contribution in [0.4, 0.5) is 0 Å². The molecular weight excluding hydrogens is 632 g/mol. The van der Waals surface area contributed by atoms with E-state index < -0.39 is 76.3 Å². The van der Waals surface area contributed by atoms with Gasteiger partial charge in [0, 0.05) is 48.5 Å². The third-order valence-electron chi connectivity index (χ3n) is 12.6. The maximum atomic E-state index is 13.6. The number of carbonyl (C=O) groups is 3. The molecule has 3 N–H and O–H groups in total. The molecule has 8 atom stereocenters. The van der Waals surface area contributed by atoms with E-state index in [1.54, 1.807) is 32.9 Å². The second-order valence-electron chi connectivity index (χ2n) is 16.8. The van der Waals surface area contributed by atoms with Crippen molar-refractivity contribution in [2.45, 2.75) is 118 Å². The highest BCUT2D eigenvalue weighted by atomic mass is 16.6. The van der Waals surface area contributed by atoms with Crippen molar-refractivity contribution in [1.82, 2.24) is 0 Å². The van der Waals surface area contributed by atoms with E-state index in [0.29, 0.717) is 16.7 Å². The monoisotopic (exact) mass is 688 g/mol. The van der Waals surface area contributed by atoms with Gasteiger partial charge in [0.2, 0.25) is 0 Å². The Hall–Kier alpha value is -3.33. The van der Waals surface area contributed by atoms with Crippen LogP contribution in [0.1, 0.15) is 94.9 Å². The van der Waals surface area contributed by atoms with Crippen molar-refractivity contribution in [1.29, 1.82) is 0 Å². The Morgan fingerprint density at radius 2 is 1.70 bits per heavy atom. The van der Waals surface area contributed by atoms with Gasteiger partial charge in [0.15, 0.2) is 11.4 Å². The first kappa shape index (κ1) is 37.9. The highest BCUT2D eigenvalue weighted by molar-refractivity contribution is 6.04. The number of Topliss-reactive ketones (excluding diaryl/α,β-unsaturated/α-hetero) is 1. The Kier molecular flexibility index (Phi) is 9.87. The number of aliphatic hydroxyl groups is 3. The zero-order valence-electron chi connectivity index (χ0n) is 31.4. The molecule has 0 amide bonds. The van der Waals surface area contributed by atoms with Crippen LogP contribution < -0.4 is 0 Å². The van der Waals surface area contributed by atoms with Gasteiger partial charge in [-0.25, -0.2) is 4.79 Å². The summed E-state index contributed by atoms with van der Waals surface area (Å²) >= 11 is 0. The molecule has 0 aliphatic heterocycles. The molecule has 0 spiro atoms. The van der Waals surface area contributed by atoms with E-state index in [4.69, 9.17) is 9.47 Å². The molecule has 8 heteroatoms. The van der Waals surface area contributed by atoms with Crippen LogP contribution in [0.25, 0.3) is 0 Å². The zero-order valence-corrected chi connectivity index (χ0v) is 31.4. The summed E-state index contributed by atoms with van der Waals surface area (Å²) in [7, 11) is 0. The fourth-order valence-electron chi connectivity index (χ4n) is 10.1. The maximum Gasteiger partial charge on any atom is 0.331 e. The van der Waals surface area contributed by atoms with Gasteiger partial charge in [-0.2, -0.15) is 0 Å². The highest BCUT2D eigenvalue weighted by Gasteiger charge is 2.87. The fraction of sp³-hybridized carbons (Fsp3) is 0.595. The van der Waals surface area contributed by atoms with Crippen LogP contribution in [0.3, 0.4) is 0 Å². The van der Waals surface area contributed by atoms with Crippen LogP contribution in [-0.2, 0) is 23.9 Å². The minimum Gasteiger partial charge on any atom is -0.454 e. The molecule has 2 saturated carbocycles. The molecule has 2 fully saturated rings. The predicted octanol–water partition coefficient (Wildman–Crippen LogP) is 6.58. The Labute approximate surface area is 297 Å². The van der Waals surface area contributed by atoms with Crippen molar-refractivity contribution in [3.05, 3.63) is 82.0 Å². The van der Waals surface area contributed by atoms with E-state index in [1.165, 1.54) is 37.0 Å². The van der Waals surface area contributed by atoms with Gasteiger partial charge in [-0.1, -0.05) is 88.3 Å². The Morgan fingerprint density at radius 1 is 1.02 bits per heavy atom. The summed E-state index contributed by atoms with van der Waals surface area (Å²) in [6.45, 7) is 18.7. The topological polar surface area (TPSA) is 130 Å². The summed E-state index contributed by atoms with van der Waals surface area (Å²) in [5, 5.41) is 35.0. The predicted molar refractivity (Wildman–Crippen MR) is 192 cm³/mol. The molecule has 0 aromatic carbocycles. The molecule has 50 heavy (non-hydrogen) atoms. The number of aliphatic hydroxyl groups excluding tert-OH is 1. The third-order valence-corrected chi connectivity index (χ3v) is 12.6. The number of fused-ring (bicyclic) bond motifs is 5. The van der Waals surface area contributed by atoms with E-state index >= 15 is 0 Å². The second kappa shape index (κ2) is 13.0. The van der Waals surface area contributed by atoms with E-state index in [1.807, 2.05) is 39.0 Å². The third kappa shape index (κ3) is 5.95. The fourth-order valence-corrected chi connectivity index (χ4v) is 10.1. The van der Waals surface area contributed by atoms with Crippen LogP contribution in [0.2, 0.25) is 0 Å². The van der Waals surface area contributed by atoms with E-state index in [0.717, 1.165) is 12.0 Å². The van der Waals surface area contributed by atoms with Crippen LogP contribution in [0, 0.1) is 34.5 Å². The van der Waals surface area contributed by atoms with Crippen molar-refractivity contribution in [2.75, 3.05) is 6.61 Å². The van der Waals surface area contributed by atoms with Crippen molar-refractivity contribution < 1.29 is 39.2 Å². The smallest absolute Gasteiger partial charge is 0.331 e. The molecule has 8 nitrogen and oxygen atoms in total. The molecule has 0 bridgehead atoms. The molecule has 5 aliphatic carbocycles. The maximum absolute atomic E-state index is 13.6. The van der Waals surface area contributed by atoms with E-state index in [9.17, 15) is 29.7 Å². The van der Waals surface area contributed by atoms with Crippen LogP contribution in [0.15, 0.2) is 82.0 Å². The van der Waals surface area contributed by atoms with Crippen molar-refractivity contribution in [2.24, 2.45) is 34.5 Å². The number of ether oxygens (including phenoxy) is 2. The number of allylic oxidation sites excluding steroid dienone is 9. The average Bonchev–Trinajstić information content (AvgIpc) is 3.43. The molecule has 0 saturated heterocycles. The Morgan fingerprint density at radius 3 is 2.32 bits per heavy atom. The summed E-state index contributed by atoms with van der Waals surface area (Å²) in [5.74, 6) is -4.88. The molecule has 0 unspecified atom stereocenters. The number of ketones is 1. The Balaban J connectivity index is 1.44. The Bertz CT molecular complexity index is 1680. The normalized spacial score (nSPS) is 37.9. The zero-order chi connectivity index (χ0) is 37.2. The SMILES string of the molecule is CC(=O)O[C@@]12[C@H](OC(=O)C=C(C)C=CC=C(C)C=CC3=C(C)CCCC3(C)C)[C@@H](C)[C@@]3(O)[C@@H](C=C(CO)C[C@]4(O)C(=O)C(C)=C[C@@H]34)[C@H]1C2(C)C. The van der Waals surface area contributed by atoms with E-state index in [2.05, 4.69) is 32.9 Å². The molecule has 272 valence electrons. The van der Waals surface area contributed by atoms with Gasteiger partial charge in [0.1, 0.15) is 11.7 Å². The van der Waals surface area contributed by atoms with Crippen molar-refractivity contribution in [3.8, 4) is 0 Å². The van der Waals surface area contributed by atoms with Gasteiger partial charge in [0.05, 0.1) is 12.2 Å². The molecule has 5 aliphatic rings. The van der Waals surface area contributed by atoms with Gasteiger partial charge in [-0.05, 0) is 74.7 Å². The first-order valence-corrected chi connectivity index (χ1v) is 18.0. The molecule has 5 rings (SSSR count). The summed E-state index contributed by atoms with van der Waals surface area (Å²) in [4.78, 5) is 39.6. The second-order valence-corrected chi connectivity index (χ2v) is 16.8. The van der Waals surface area contributed by atoms with Gasteiger partial charge in [0.25, 0.3) is 0 Å². The lowest BCUT2D eigenvalue weighted by molar-refractivity contribution is -0.226.